The third kappa shape index (κ3) is 5.92. The van der Waals surface area contributed by atoms with Gasteiger partial charge in [-0.05, 0) is 26.6 Å². The molecule has 0 aliphatic carbocycles. The molecule has 1 N–H and O–H groups in total. The molecule has 0 unspecified atom stereocenters. The molecule has 12 heavy (non-hydrogen) atoms. The molecule has 0 aromatic carbocycles. The van der Waals surface area contributed by atoms with E-state index in [9.17, 15) is 4.79 Å². The number of hydrogen-bond donors (Lipinski definition) is 1. The van der Waals surface area contributed by atoms with Crippen molar-refractivity contribution in [1.82, 2.24) is 10.2 Å². The Bertz CT molecular complexity index is 155. The monoisotopic (exact) mass is 170 g/mol. The van der Waals surface area contributed by atoms with Gasteiger partial charge in [0.2, 0.25) is 5.91 Å². The Hall–Kier alpha value is -0.830. The van der Waals surface area contributed by atoms with E-state index < -0.39 is 0 Å². The second kappa shape index (κ2) is 6.85. The van der Waals surface area contributed by atoms with Crippen LogP contribution in [0.1, 0.15) is 13.8 Å². The molecule has 0 fully saturated rings. The van der Waals surface area contributed by atoms with E-state index in [2.05, 4.69) is 17.1 Å². The minimum atomic E-state index is -0.0120. The highest BCUT2D eigenvalue weighted by molar-refractivity contribution is 5.87. The van der Waals surface area contributed by atoms with Gasteiger partial charge >= 0.3 is 0 Å². The molecule has 0 bridgehead atoms. The molecule has 0 aliphatic heterocycles. The van der Waals surface area contributed by atoms with E-state index in [1.807, 2.05) is 14.0 Å². The molecule has 0 spiro atoms. The van der Waals surface area contributed by atoms with Crippen LogP contribution >= 0.6 is 0 Å². The SMILES string of the molecule is CC=CC(=O)NCCN(C)CC. The maximum absolute atomic E-state index is 10.9. The molecule has 0 saturated heterocycles. The van der Waals surface area contributed by atoms with Crippen LogP contribution in [0.25, 0.3) is 0 Å². The van der Waals surface area contributed by atoms with Crippen molar-refractivity contribution in [3.63, 3.8) is 0 Å². The molecule has 0 saturated carbocycles. The summed E-state index contributed by atoms with van der Waals surface area (Å²) in [5, 5.41) is 2.78. The van der Waals surface area contributed by atoms with E-state index >= 15 is 0 Å². The molecular formula is C9H18N2O. The first-order valence-corrected chi connectivity index (χ1v) is 4.29. The predicted octanol–water partition coefficient (Wildman–Crippen LogP) is 0.630. The third-order valence-corrected chi connectivity index (χ3v) is 1.65. The lowest BCUT2D eigenvalue weighted by molar-refractivity contribution is -0.116. The summed E-state index contributed by atoms with van der Waals surface area (Å²) in [5.74, 6) is -0.0120. The van der Waals surface area contributed by atoms with Gasteiger partial charge in [0, 0.05) is 13.1 Å². The maximum Gasteiger partial charge on any atom is 0.243 e. The van der Waals surface area contributed by atoms with Gasteiger partial charge in [-0.1, -0.05) is 13.0 Å². The fourth-order valence-electron chi connectivity index (χ4n) is 0.738. The smallest absolute Gasteiger partial charge is 0.243 e. The number of hydrogen-bond acceptors (Lipinski definition) is 2. The Morgan fingerprint density at radius 1 is 1.58 bits per heavy atom. The molecule has 1 amide bonds. The van der Waals surface area contributed by atoms with E-state index in [0.717, 1.165) is 13.1 Å². The normalized spacial score (nSPS) is 11.0. The third-order valence-electron chi connectivity index (χ3n) is 1.65. The van der Waals surface area contributed by atoms with Crippen LogP contribution in [0.3, 0.4) is 0 Å². The van der Waals surface area contributed by atoms with Crippen LogP contribution < -0.4 is 5.32 Å². The zero-order valence-electron chi connectivity index (χ0n) is 8.13. The summed E-state index contributed by atoms with van der Waals surface area (Å²) < 4.78 is 0. The van der Waals surface area contributed by atoms with Crippen LogP contribution in [0.2, 0.25) is 0 Å². The van der Waals surface area contributed by atoms with Crippen LogP contribution in [-0.4, -0.2) is 37.5 Å². The second-order valence-electron chi connectivity index (χ2n) is 2.69. The number of nitrogens with zero attached hydrogens (tertiary/aromatic N) is 1. The zero-order valence-corrected chi connectivity index (χ0v) is 8.13. The number of likely N-dealkylation sites (N-methyl/N-ethyl adjacent to an activating group) is 1. The maximum atomic E-state index is 10.9. The van der Waals surface area contributed by atoms with Gasteiger partial charge in [0.1, 0.15) is 0 Å². The Balaban J connectivity index is 3.37. The van der Waals surface area contributed by atoms with E-state index in [1.165, 1.54) is 6.08 Å². The lowest BCUT2D eigenvalue weighted by atomic mass is 10.4. The molecule has 70 valence electrons. The summed E-state index contributed by atoms with van der Waals surface area (Å²) in [6, 6.07) is 0. The summed E-state index contributed by atoms with van der Waals surface area (Å²) in [6.07, 6.45) is 3.27. The highest BCUT2D eigenvalue weighted by atomic mass is 16.1. The van der Waals surface area contributed by atoms with Gasteiger partial charge in [-0.25, -0.2) is 0 Å². The highest BCUT2D eigenvalue weighted by Gasteiger charge is 1.95. The van der Waals surface area contributed by atoms with Gasteiger partial charge in [-0.3, -0.25) is 4.79 Å². The number of rotatable bonds is 5. The summed E-state index contributed by atoms with van der Waals surface area (Å²) in [6.45, 7) is 6.55. The van der Waals surface area contributed by atoms with E-state index in [4.69, 9.17) is 0 Å². The summed E-state index contributed by atoms with van der Waals surface area (Å²) in [4.78, 5) is 13.0. The molecule has 0 aliphatic rings. The molecule has 3 nitrogen and oxygen atoms in total. The van der Waals surface area contributed by atoms with Crippen molar-refractivity contribution in [3.05, 3.63) is 12.2 Å². The number of amides is 1. The fourth-order valence-corrected chi connectivity index (χ4v) is 0.738. The first kappa shape index (κ1) is 11.2. The van der Waals surface area contributed by atoms with Crippen LogP contribution in [0.5, 0.6) is 0 Å². The van der Waals surface area contributed by atoms with Crippen LogP contribution in [0.4, 0.5) is 0 Å². The van der Waals surface area contributed by atoms with E-state index in [-0.39, 0.29) is 5.91 Å². The minimum absolute atomic E-state index is 0.0120. The standard InChI is InChI=1S/C9H18N2O/c1-4-6-9(12)10-7-8-11(3)5-2/h4,6H,5,7-8H2,1-3H3,(H,10,12). The number of carbonyl (C=O) groups is 1. The summed E-state index contributed by atoms with van der Waals surface area (Å²) in [7, 11) is 2.03. The van der Waals surface area contributed by atoms with Crippen LogP contribution in [-0.2, 0) is 4.79 Å². The van der Waals surface area contributed by atoms with Crippen LogP contribution in [0, 0.1) is 0 Å². The zero-order chi connectivity index (χ0) is 9.40. The van der Waals surface area contributed by atoms with Gasteiger partial charge in [0.05, 0.1) is 0 Å². The number of nitrogens with one attached hydrogen (secondary N) is 1. The van der Waals surface area contributed by atoms with Crippen LogP contribution in [0.15, 0.2) is 12.2 Å². The van der Waals surface area contributed by atoms with Crippen molar-refractivity contribution in [2.24, 2.45) is 0 Å². The topological polar surface area (TPSA) is 32.3 Å². The molecule has 0 aromatic rings. The van der Waals surface area contributed by atoms with Gasteiger partial charge < -0.3 is 10.2 Å². The molecule has 0 heterocycles. The van der Waals surface area contributed by atoms with Crippen molar-refractivity contribution in [2.45, 2.75) is 13.8 Å². The van der Waals surface area contributed by atoms with Gasteiger partial charge in [0.15, 0.2) is 0 Å². The predicted molar refractivity (Wildman–Crippen MR) is 51.0 cm³/mol. The molecule has 3 heteroatoms. The van der Waals surface area contributed by atoms with E-state index in [1.54, 1.807) is 6.08 Å². The first-order chi connectivity index (χ1) is 5.70. The van der Waals surface area contributed by atoms with Crippen molar-refractivity contribution in [2.75, 3.05) is 26.7 Å². The molecular weight excluding hydrogens is 152 g/mol. The molecule has 0 radical (unpaired) electrons. The Labute approximate surface area is 74.4 Å². The average Bonchev–Trinajstić information content (AvgIpc) is 2.04. The second-order valence-corrected chi connectivity index (χ2v) is 2.69. The largest absolute Gasteiger partial charge is 0.351 e. The van der Waals surface area contributed by atoms with Gasteiger partial charge in [0.25, 0.3) is 0 Å². The lowest BCUT2D eigenvalue weighted by Crippen LogP contribution is -2.31. The quantitative estimate of drug-likeness (QED) is 0.614. The van der Waals surface area contributed by atoms with Crippen molar-refractivity contribution in [3.8, 4) is 0 Å². The molecule has 0 atom stereocenters. The highest BCUT2D eigenvalue weighted by Crippen LogP contribution is 1.78. The Morgan fingerprint density at radius 3 is 2.75 bits per heavy atom. The Morgan fingerprint density at radius 2 is 2.25 bits per heavy atom. The molecule has 0 rings (SSSR count). The van der Waals surface area contributed by atoms with Gasteiger partial charge in [-0.2, -0.15) is 0 Å². The summed E-state index contributed by atoms with van der Waals surface area (Å²) in [5.41, 5.74) is 0. The number of carbonyl (C=O) groups excluding carboxylic acids is 1. The van der Waals surface area contributed by atoms with Crippen molar-refractivity contribution < 1.29 is 4.79 Å². The first-order valence-electron chi connectivity index (χ1n) is 4.29. The average molecular weight is 170 g/mol. The fraction of sp³-hybridized carbons (Fsp3) is 0.667. The number of allylic oxidation sites excluding steroid dienone is 1. The summed E-state index contributed by atoms with van der Waals surface area (Å²) >= 11 is 0. The molecule has 0 aromatic heterocycles. The van der Waals surface area contributed by atoms with E-state index in [0.29, 0.717) is 6.54 Å². The lowest BCUT2D eigenvalue weighted by Gasteiger charge is -2.13. The van der Waals surface area contributed by atoms with Crippen molar-refractivity contribution in [1.29, 1.82) is 0 Å². The van der Waals surface area contributed by atoms with Gasteiger partial charge in [-0.15, -0.1) is 0 Å². The minimum Gasteiger partial charge on any atom is -0.351 e. The van der Waals surface area contributed by atoms with Crippen molar-refractivity contribution >= 4 is 5.91 Å². The Kier molecular flexibility index (Phi) is 6.38.